The van der Waals surface area contributed by atoms with Gasteiger partial charge in [0.25, 0.3) is 17.1 Å². The van der Waals surface area contributed by atoms with E-state index in [0.29, 0.717) is 10.8 Å². The lowest BCUT2D eigenvalue weighted by Crippen LogP contribution is -1.94. The van der Waals surface area contributed by atoms with Gasteiger partial charge in [-0.15, -0.1) is 0 Å². The summed E-state index contributed by atoms with van der Waals surface area (Å²) < 4.78 is 0. The van der Waals surface area contributed by atoms with Crippen LogP contribution in [0.1, 0.15) is 0 Å². The van der Waals surface area contributed by atoms with Crippen LogP contribution in [0.5, 0.6) is 0 Å². The van der Waals surface area contributed by atoms with Crippen LogP contribution >= 0.6 is 0 Å². The number of nitrogens with zero attached hydrogens (tertiary/aromatic N) is 3. The number of nitro benzene ring substituents is 3. The van der Waals surface area contributed by atoms with Gasteiger partial charge in [-0.2, -0.15) is 0 Å². The van der Waals surface area contributed by atoms with Crippen LogP contribution in [0.15, 0.2) is 78.9 Å². The van der Waals surface area contributed by atoms with Crippen molar-refractivity contribution in [3.05, 3.63) is 109 Å². The van der Waals surface area contributed by atoms with Gasteiger partial charge in [0.2, 0.25) is 0 Å². The van der Waals surface area contributed by atoms with Gasteiger partial charge in [-0.3, -0.25) is 30.3 Å². The van der Waals surface area contributed by atoms with E-state index in [2.05, 4.69) is 0 Å². The predicted octanol–water partition coefficient (Wildman–Crippen LogP) is 5.40. The third-order valence-electron chi connectivity index (χ3n) is 4.22. The summed E-state index contributed by atoms with van der Waals surface area (Å²) in [4.78, 5) is 30.6. The van der Waals surface area contributed by atoms with Crippen LogP contribution in [0.25, 0.3) is 21.5 Å². The first-order valence-electron chi connectivity index (χ1n) is 8.33. The van der Waals surface area contributed by atoms with Gasteiger partial charge in [-0.1, -0.05) is 54.6 Å². The van der Waals surface area contributed by atoms with Crippen LogP contribution in [-0.2, 0) is 0 Å². The molecule has 9 heteroatoms. The number of non-ortho nitro benzene ring substituents is 3. The average Bonchev–Trinajstić information content (AvgIpc) is 2.72. The van der Waals surface area contributed by atoms with E-state index in [9.17, 15) is 30.3 Å². The van der Waals surface area contributed by atoms with E-state index in [1.165, 1.54) is 30.3 Å². The first-order valence-corrected chi connectivity index (χ1v) is 8.33. The second-order valence-electron chi connectivity index (χ2n) is 5.92. The summed E-state index contributed by atoms with van der Waals surface area (Å²) in [5, 5.41) is 34.3. The summed E-state index contributed by atoms with van der Waals surface area (Å²) >= 11 is 0. The molecule has 0 aliphatic carbocycles. The molecule has 0 amide bonds. The van der Waals surface area contributed by atoms with Gasteiger partial charge < -0.3 is 0 Å². The molecule has 0 saturated carbocycles. The van der Waals surface area contributed by atoms with Gasteiger partial charge >= 0.3 is 0 Å². The Hall–Kier alpha value is -4.40. The van der Waals surface area contributed by atoms with Crippen molar-refractivity contribution in [1.29, 1.82) is 0 Å². The molecule has 0 bridgehead atoms. The number of hydrogen-bond acceptors (Lipinski definition) is 6. The second kappa shape index (κ2) is 8.09. The highest BCUT2D eigenvalue weighted by molar-refractivity contribution is 5.98. The zero-order valence-corrected chi connectivity index (χ0v) is 14.8. The molecule has 4 aromatic carbocycles. The molecule has 144 valence electrons. The van der Waals surface area contributed by atoms with E-state index < -0.39 is 9.85 Å². The summed E-state index contributed by atoms with van der Waals surface area (Å²) in [6, 6.07) is 21.1. The van der Waals surface area contributed by atoms with E-state index in [1.54, 1.807) is 30.3 Å². The molecule has 29 heavy (non-hydrogen) atoms. The molecule has 0 fully saturated rings. The minimum Gasteiger partial charge on any atom is -0.258 e. The molecule has 9 nitrogen and oxygen atoms in total. The fourth-order valence-corrected chi connectivity index (χ4v) is 2.97. The van der Waals surface area contributed by atoms with Crippen molar-refractivity contribution in [3.63, 3.8) is 0 Å². The molecule has 0 saturated heterocycles. The van der Waals surface area contributed by atoms with E-state index in [4.69, 9.17) is 0 Å². The van der Waals surface area contributed by atoms with Crippen molar-refractivity contribution in [2.45, 2.75) is 0 Å². The number of rotatable bonds is 3. The third kappa shape index (κ3) is 3.98. The summed E-state index contributed by atoms with van der Waals surface area (Å²) in [6.07, 6.45) is 0. The molecule has 0 aliphatic heterocycles. The highest BCUT2D eigenvalue weighted by atomic mass is 16.6. The maximum atomic E-state index is 10.8. The smallest absolute Gasteiger partial charge is 0.258 e. The lowest BCUT2D eigenvalue weighted by atomic mass is 10.1. The fourth-order valence-electron chi connectivity index (χ4n) is 2.97. The van der Waals surface area contributed by atoms with Crippen LogP contribution in [0.3, 0.4) is 0 Å². The zero-order chi connectivity index (χ0) is 21.0. The first kappa shape index (κ1) is 19.4. The fraction of sp³-hybridized carbons (Fsp3) is 0. The number of fused-ring (bicyclic) bond motifs is 2. The Labute approximate surface area is 163 Å². The van der Waals surface area contributed by atoms with Crippen molar-refractivity contribution < 1.29 is 14.8 Å². The Morgan fingerprint density at radius 3 is 1.41 bits per heavy atom. The Bertz CT molecular complexity index is 1200. The summed E-state index contributed by atoms with van der Waals surface area (Å²) in [5.41, 5.74) is -0.326. The number of nitro groups is 3. The standard InChI is InChI=1S/C10H6N2O4.C10H7NO2/c13-11(14)8-5-1-3-7-4-2-6-9(10(7)8)12(15)16;12-11(13)10-7-3-5-8-4-1-2-6-9(8)10/h1-6H;1-7H. The van der Waals surface area contributed by atoms with Crippen molar-refractivity contribution >= 4 is 38.6 Å². The molecular weight excluding hydrogens is 378 g/mol. The van der Waals surface area contributed by atoms with Crippen LogP contribution in [-0.4, -0.2) is 14.8 Å². The van der Waals surface area contributed by atoms with E-state index in [1.807, 2.05) is 18.2 Å². The van der Waals surface area contributed by atoms with Gasteiger partial charge in [0, 0.05) is 18.2 Å². The maximum absolute atomic E-state index is 10.8. The van der Waals surface area contributed by atoms with Gasteiger partial charge in [-0.25, -0.2) is 0 Å². The average molecular weight is 391 g/mol. The molecule has 0 aromatic heterocycles. The zero-order valence-electron chi connectivity index (χ0n) is 14.8. The van der Waals surface area contributed by atoms with E-state index in [-0.39, 0.29) is 27.4 Å². The SMILES string of the molecule is O=[N+]([O-])c1cccc2cccc([N+](=O)[O-])c12.O=[N+]([O-])c1cccc2ccccc12. The van der Waals surface area contributed by atoms with Crippen molar-refractivity contribution in [1.82, 2.24) is 0 Å². The van der Waals surface area contributed by atoms with Crippen molar-refractivity contribution in [2.24, 2.45) is 0 Å². The van der Waals surface area contributed by atoms with Crippen LogP contribution in [0.4, 0.5) is 17.1 Å². The van der Waals surface area contributed by atoms with E-state index in [0.717, 1.165) is 5.39 Å². The second-order valence-corrected chi connectivity index (χ2v) is 5.92. The van der Waals surface area contributed by atoms with Gasteiger partial charge in [0.1, 0.15) is 5.39 Å². The molecule has 0 heterocycles. The molecule has 0 radical (unpaired) electrons. The molecule has 4 aromatic rings. The predicted molar refractivity (Wildman–Crippen MR) is 108 cm³/mol. The third-order valence-corrected chi connectivity index (χ3v) is 4.22. The highest BCUT2D eigenvalue weighted by Crippen LogP contribution is 2.33. The van der Waals surface area contributed by atoms with E-state index >= 15 is 0 Å². The lowest BCUT2D eigenvalue weighted by Gasteiger charge is -1.99. The van der Waals surface area contributed by atoms with Gasteiger partial charge in [0.05, 0.1) is 20.2 Å². The maximum Gasteiger partial charge on any atom is 0.284 e. The number of hydrogen-bond donors (Lipinski definition) is 0. The van der Waals surface area contributed by atoms with Crippen LogP contribution in [0.2, 0.25) is 0 Å². The number of benzene rings is 4. The van der Waals surface area contributed by atoms with Crippen molar-refractivity contribution in [3.8, 4) is 0 Å². The minimum atomic E-state index is -0.616. The Balaban J connectivity index is 0.000000169. The largest absolute Gasteiger partial charge is 0.284 e. The highest BCUT2D eigenvalue weighted by Gasteiger charge is 2.21. The van der Waals surface area contributed by atoms with Gasteiger partial charge in [-0.05, 0) is 16.8 Å². The summed E-state index contributed by atoms with van der Waals surface area (Å²) in [6.45, 7) is 0. The molecule has 4 rings (SSSR count). The van der Waals surface area contributed by atoms with Crippen molar-refractivity contribution in [2.75, 3.05) is 0 Å². The van der Waals surface area contributed by atoms with Gasteiger partial charge in [0.15, 0.2) is 0 Å². The monoisotopic (exact) mass is 391 g/mol. The normalized spacial score (nSPS) is 10.2. The molecule has 0 atom stereocenters. The summed E-state index contributed by atoms with van der Waals surface area (Å²) in [7, 11) is 0. The quantitative estimate of drug-likeness (QED) is 0.339. The molecule has 0 spiro atoms. The Morgan fingerprint density at radius 1 is 0.483 bits per heavy atom. The Kier molecular flexibility index (Phi) is 5.40. The van der Waals surface area contributed by atoms with Crippen LogP contribution in [0, 0.1) is 30.3 Å². The summed E-state index contributed by atoms with van der Waals surface area (Å²) in [5.74, 6) is 0. The Morgan fingerprint density at radius 2 is 0.897 bits per heavy atom. The minimum absolute atomic E-state index is 0.0694. The topological polar surface area (TPSA) is 129 Å². The lowest BCUT2D eigenvalue weighted by molar-refractivity contribution is -0.390. The molecule has 0 unspecified atom stereocenters. The molecular formula is C20H13N3O6. The van der Waals surface area contributed by atoms with Crippen LogP contribution < -0.4 is 0 Å². The molecule has 0 N–H and O–H groups in total. The first-order chi connectivity index (χ1) is 13.9. The molecule has 0 aliphatic rings.